The maximum Gasteiger partial charge on any atom is 0.314 e. The molecule has 0 bridgehead atoms. The summed E-state index contributed by atoms with van der Waals surface area (Å²) in [4.78, 5) is 11.7. The number of carbonyl (C=O) groups is 1. The first-order chi connectivity index (χ1) is 10.2. The average molecular weight is 292 g/mol. The van der Waals surface area contributed by atoms with Gasteiger partial charge in [-0.3, -0.25) is 0 Å². The van der Waals surface area contributed by atoms with Crippen molar-refractivity contribution in [3.8, 4) is 0 Å². The van der Waals surface area contributed by atoms with Gasteiger partial charge in [-0.15, -0.1) is 0 Å². The molecule has 2 rings (SSSR count). The molecule has 1 atom stereocenters. The summed E-state index contributed by atoms with van der Waals surface area (Å²) < 4.78 is 4.92. The number of aryl methyl sites for hydroxylation is 1. The Morgan fingerprint density at radius 3 is 3.00 bits per heavy atom. The van der Waals surface area contributed by atoms with Gasteiger partial charge in [-0.25, -0.2) is 4.79 Å². The van der Waals surface area contributed by atoms with Crippen molar-refractivity contribution in [3.05, 3.63) is 35.4 Å². The molecule has 0 fully saturated rings. The number of hydrogen-bond acceptors (Lipinski definition) is 3. The van der Waals surface area contributed by atoms with Crippen molar-refractivity contribution in [2.45, 2.75) is 31.3 Å². The van der Waals surface area contributed by atoms with Crippen LogP contribution >= 0.6 is 0 Å². The van der Waals surface area contributed by atoms with E-state index in [1.165, 1.54) is 5.56 Å². The molecule has 1 aliphatic rings. The summed E-state index contributed by atoms with van der Waals surface area (Å²) in [6.45, 7) is 1.42. The molecule has 0 heterocycles. The van der Waals surface area contributed by atoms with E-state index in [9.17, 15) is 9.90 Å². The Morgan fingerprint density at radius 1 is 1.38 bits per heavy atom. The standard InChI is InChI=1S/C16H24N2O3/c1-21-11-5-10-17-15(19)18-12-16(20)9-4-7-13-6-2-3-8-14(13)16/h2-3,6,8,20H,4-5,7,9-12H2,1H3,(H2,17,18,19). The molecule has 0 radical (unpaired) electrons. The van der Waals surface area contributed by atoms with Crippen LogP contribution in [-0.4, -0.2) is 37.9 Å². The van der Waals surface area contributed by atoms with E-state index in [1.54, 1.807) is 7.11 Å². The number of carbonyl (C=O) groups excluding carboxylic acids is 1. The van der Waals surface area contributed by atoms with Gasteiger partial charge in [0.15, 0.2) is 0 Å². The van der Waals surface area contributed by atoms with Crippen LogP contribution in [0.2, 0.25) is 0 Å². The van der Waals surface area contributed by atoms with Gasteiger partial charge in [0.2, 0.25) is 0 Å². The largest absolute Gasteiger partial charge is 0.385 e. The van der Waals surface area contributed by atoms with Crippen LogP contribution in [-0.2, 0) is 16.8 Å². The van der Waals surface area contributed by atoms with Crippen LogP contribution in [0.4, 0.5) is 4.79 Å². The predicted molar refractivity (Wildman–Crippen MR) is 81.2 cm³/mol. The van der Waals surface area contributed by atoms with E-state index >= 15 is 0 Å². The topological polar surface area (TPSA) is 70.6 Å². The minimum absolute atomic E-state index is 0.236. The van der Waals surface area contributed by atoms with Crippen LogP contribution in [0.1, 0.15) is 30.4 Å². The van der Waals surface area contributed by atoms with Gasteiger partial charge in [-0.05, 0) is 36.8 Å². The summed E-state index contributed by atoms with van der Waals surface area (Å²) in [6.07, 6.45) is 3.37. The molecule has 1 aliphatic carbocycles. The molecule has 3 N–H and O–H groups in total. The summed E-state index contributed by atoms with van der Waals surface area (Å²) in [6, 6.07) is 7.67. The van der Waals surface area contributed by atoms with E-state index < -0.39 is 5.60 Å². The quantitative estimate of drug-likeness (QED) is 0.697. The van der Waals surface area contributed by atoms with Crippen molar-refractivity contribution in [3.63, 3.8) is 0 Å². The van der Waals surface area contributed by atoms with Crippen LogP contribution in [0.25, 0.3) is 0 Å². The highest BCUT2D eigenvalue weighted by atomic mass is 16.5. The number of aliphatic hydroxyl groups is 1. The molecular formula is C16H24N2O3. The van der Waals surface area contributed by atoms with E-state index in [1.807, 2.05) is 24.3 Å². The predicted octanol–water partition coefficient (Wildman–Crippen LogP) is 1.55. The summed E-state index contributed by atoms with van der Waals surface area (Å²) in [7, 11) is 1.64. The Morgan fingerprint density at radius 2 is 2.19 bits per heavy atom. The Labute approximate surface area is 125 Å². The normalized spacial score (nSPS) is 20.7. The zero-order chi connectivity index (χ0) is 15.1. The molecular weight excluding hydrogens is 268 g/mol. The van der Waals surface area contributed by atoms with Crippen molar-refractivity contribution >= 4 is 6.03 Å². The van der Waals surface area contributed by atoms with Crippen LogP contribution in [0, 0.1) is 0 Å². The number of hydrogen-bond donors (Lipinski definition) is 3. The highest BCUT2D eigenvalue weighted by molar-refractivity contribution is 5.73. The van der Waals surface area contributed by atoms with Gasteiger partial charge in [0, 0.05) is 20.3 Å². The van der Waals surface area contributed by atoms with Gasteiger partial charge in [-0.2, -0.15) is 0 Å². The second-order valence-corrected chi connectivity index (χ2v) is 5.50. The lowest BCUT2D eigenvalue weighted by atomic mass is 9.79. The third-order valence-electron chi connectivity index (χ3n) is 3.91. The molecule has 116 valence electrons. The third kappa shape index (κ3) is 4.19. The number of benzene rings is 1. The second-order valence-electron chi connectivity index (χ2n) is 5.50. The van der Waals surface area contributed by atoms with Gasteiger partial charge in [0.1, 0.15) is 5.60 Å². The van der Waals surface area contributed by atoms with Crippen LogP contribution in [0.5, 0.6) is 0 Å². The molecule has 1 aromatic carbocycles. The smallest absolute Gasteiger partial charge is 0.314 e. The maximum absolute atomic E-state index is 11.7. The van der Waals surface area contributed by atoms with Crippen molar-refractivity contribution in [2.24, 2.45) is 0 Å². The van der Waals surface area contributed by atoms with Crippen molar-refractivity contribution in [2.75, 3.05) is 26.8 Å². The lowest BCUT2D eigenvalue weighted by molar-refractivity contribution is 0.0217. The summed E-state index contributed by atoms with van der Waals surface area (Å²) >= 11 is 0. The van der Waals surface area contributed by atoms with Gasteiger partial charge in [0.05, 0.1) is 6.54 Å². The molecule has 0 aliphatic heterocycles. The lowest BCUT2D eigenvalue weighted by Crippen LogP contribution is -2.46. The Hall–Kier alpha value is -1.59. The molecule has 2 amide bonds. The number of fused-ring (bicyclic) bond motifs is 1. The minimum atomic E-state index is -0.960. The Kier molecular flexibility index (Phi) is 5.59. The molecule has 1 unspecified atom stereocenters. The number of ether oxygens (including phenoxy) is 1. The van der Waals surface area contributed by atoms with Gasteiger partial charge >= 0.3 is 6.03 Å². The highest BCUT2D eigenvalue weighted by Gasteiger charge is 2.34. The summed E-state index contributed by atoms with van der Waals surface area (Å²) in [5, 5.41) is 16.3. The van der Waals surface area contributed by atoms with E-state index in [2.05, 4.69) is 10.6 Å². The zero-order valence-corrected chi connectivity index (χ0v) is 12.5. The first-order valence-corrected chi connectivity index (χ1v) is 7.47. The molecule has 0 spiro atoms. The van der Waals surface area contributed by atoms with Crippen molar-refractivity contribution in [1.82, 2.24) is 10.6 Å². The fourth-order valence-electron chi connectivity index (χ4n) is 2.79. The summed E-state index contributed by atoms with van der Waals surface area (Å²) in [5.41, 5.74) is 1.16. The zero-order valence-electron chi connectivity index (χ0n) is 12.5. The van der Waals surface area contributed by atoms with Crippen molar-refractivity contribution in [1.29, 1.82) is 0 Å². The van der Waals surface area contributed by atoms with Crippen LogP contribution < -0.4 is 10.6 Å². The van der Waals surface area contributed by atoms with Crippen LogP contribution in [0.15, 0.2) is 24.3 Å². The Bertz CT molecular complexity index is 478. The highest BCUT2D eigenvalue weighted by Crippen LogP contribution is 2.34. The number of methoxy groups -OCH3 is 1. The number of amides is 2. The molecule has 5 heteroatoms. The van der Waals surface area contributed by atoms with Gasteiger partial charge in [-0.1, -0.05) is 24.3 Å². The molecule has 0 saturated carbocycles. The molecule has 21 heavy (non-hydrogen) atoms. The second kappa shape index (κ2) is 7.43. The number of nitrogens with one attached hydrogen (secondary N) is 2. The van der Waals surface area contributed by atoms with Gasteiger partial charge in [0.25, 0.3) is 0 Å². The fraction of sp³-hybridized carbons (Fsp3) is 0.562. The SMILES string of the molecule is COCCCNC(=O)NCC1(O)CCCc2ccccc21. The number of urea groups is 1. The average Bonchev–Trinajstić information content (AvgIpc) is 2.50. The summed E-state index contributed by atoms with van der Waals surface area (Å²) in [5.74, 6) is 0. The molecule has 0 aromatic heterocycles. The van der Waals surface area contributed by atoms with E-state index in [-0.39, 0.29) is 12.6 Å². The first-order valence-electron chi connectivity index (χ1n) is 7.47. The fourth-order valence-corrected chi connectivity index (χ4v) is 2.79. The van der Waals surface area contributed by atoms with E-state index in [0.29, 0.717) is 19.6 Å². The third-order valence-corrected chi connectivity index (χ3v) is 3.91. The monoisotopic (exact) mass is 292 g/mol. The first kappa shape index (κ1) is 15.8. The molecule has 5 nitrogen and oxygen atoms in total. The van der Waals surface area contributed by atoms with Crippen LogP contribution in [0.3, 0.4) is 0 Å². The van der Waals surface area contributed by atoms with Crippen molar-refractivity contribution < 1.29 is 14.6 Å². The Balaban J connectivity index is 1.86. The van der Waals surface area contributed by atoms with E-state index in [0.717, 1.165) is 24.8 Å². The van der Waals surface area contributed by atoms with Gasteiger partial charge < -0.3 is 20.5 Å². The lowest BCUT2D eigenvalue weighted by Gasteiger charge is -2.34. The molecule has 0 saturated heterocycles. The number of rotatable bonds is 6. The molecule has 1 aromatic rings. The maximum atomic E-state index is 11.7. The van der Waals surface area contributed by atoms with E-state index in [4.69, 9.17) is 4.74 Å². The minimum Gasteiger partial charge on any atom is -0.385 e.